The van der Waals surface area contributed by atoms with Crippen LogP contribution in [0.4, 0.5) is 5.69 Å². The van der Waals surface area contributed by atoms with Gasteiger partial charge in [-0.2, -0.15) is 0 Å². The summed E-state index contributed by atoms with van der Waals surface area (Å²) in [5.41, 5.74) is 3.56. The van der Waals surface area contributed by atoms with Crippen LogP contribution in [0, 0.1) is 13.8 Å². The molecule has 2 heteroatoms. The van der Waals surface area contributed by atoms with Crippen LogP contribution in [0.15, 0.2) is 12.1 Å². The van der Waals surface area contributed by atoms with Crippen LogP contribution in [-0.2, 0) is 0 Å². The monoisotopic (exact) mass is 193 g/mol. The molecule has 0 radical (unpaired) electrons. The van der Waals surface area contributed by atoms with Crippen molar-refractivity contribution in [3.63, 3.8) is 0 Å². The zero-order valence-electron chi connectivity index (χ0n) is 9.48. The van der Waals surface area contributed by atoms with Crippen molar-refractivity contribution in [2.75, 3.05) is 18.5 Å². The summed E-state index contributed by atoms with van der Waals surface area (Å²) in [6.07, 6.45) is 0. The Balaban J connectivity index is 3.12. The third-order valence-electron chi connectivity index (χ3n) is 2.21. The SMILES string of the molecule is CCNc1c(C)ccc(C)c1OCC. The molecular weight excluding hydrogens is 174 g/mol. The molecule has 0 saturated heterocycles. The highest BCUT2D eigenvalue weighted by atomic mass is 16.5. The first kappa shape index (κ1) is 10.9. The van der Waals surface area contributed by atoms with Gasteiger partial charge in [0.15, 0.2) is 0 Å². The smallest absolute Gasteiger partial charge is 0.145 e. The van der Waals surface area contributed by atoms with E-state index in [-0.39, 0.29) is 0 Å². The molecule has 0 fully saturated rings. The van der Waals surface area contributed by atoms with Gasteiger partial charge in [0.2, 0.25) is 0 Å². The van der Waals surface area contributed by atoms with Crippen LogP contribution in [0.1, 0.15) is 25.0 Å². The van der Waals surface area contributed by atoms with Crippen LogP contribution >= 0.6 is 0 Å². The Labute approximate surface area is 86.3 Å². The van der Waals surface area contributed by atoms with Crippen LogP contribution in [0.3, 0.4) is 0 Å². The Bertz CT molecular complexity index is 276. The first-order chi connectivity index (χ1) is 6.70. The fourth-order valence-electron chi connectivity index (χ4n) is 1.51. The molecule has 14 heavy (non-hydrogen) atoms. The third kappa shape index (κ3) is 2.19. The van der Waals surface area contributed by atoms with Crippen molar-refractivity contribution in [2.45, 2.75) is 27.7 Å². The molecule has 0 heterocycles. The number of nitrogens with one attached hydrogen (secondary N) is 1. The number of ether oxygens (including phenoxy) is 1. The van der Waals surface area contributed by atoms with E-state index in [2.05, 4.69) is 38.2 Å². The quantitative estimate of drug-likeness (QED) is 0.793. The van der Waals surface area contributed by atoms with Crippen LogP contribution in [0.5, 0.6) is 5.75 Å². The lowest BCUT2D eigenvalue weighted by Gasteiger charge is -2.16. The van der Waals surface area contributed by atoms with Gasteiger partial charge < -0.3 is 10.1 Å². The average Bonchev–Trinajstić information content (AvgIpc) is 2.17. The zero-order chi connectivity index (χ0) is 10.6. The molecule has 2 nitrogen and oxygen atoms in total. The maximum atomic E-state index is 5.64. The van der Waals surface area contributed by atoms with Crippen LogP contribution in [0.25, 0.3) is 0 Å². The summed E-state index contributed by atoms with van der Waals surface area (Å²) in [5.74, 6) is 0.995. The first-order valence-electron chi connectivity index (χ1n) is 5.17. The molecule has 0 bridgehead atoms. The van der Waals surface area contributed by atoms with Gasteiger partial charge in [-0.3, -0.25) is 0 Å². The Morgan fingerprint density at radius 1 is 1.14 bits per heavy atom. The number of anilines is 1. The summed E-state index contributed by atoms with van der Waals surface area (Å²) in [5, 5.41) is 3.35. The predicted octanol–water partition coefficient (Wildman–Crippen LogP) is 3.13. The molecule has 0 aliphatic rings. The summed E-state index contributed by atoms with van der Waals surface area (Å²) in [6, 6.07) is 4.22. The summed E-state index contributed by atoms with van der Waals surface area (Å²) in [7, 11) is 0. The molecule has 1 N–H and O–H groups in total. The van der Waals surface area contributed by atoms with E-state index in [9.17, 15) is 0 Å². The zero-order valence-corrected chi connectivity index (χ0v) is 9.48. The first-order valence-corrected chi connectivity index (χ1v) is 5.17. The highest BCUT2D eigenvalue weighted by molar-refractivity contribution is 5.64. The molecule has 0 spiro atoms. The third-order valence-corrected chi connectivity index (χ3v) is 2.21. The van der Waals surface area contributed by atoms with E-state index in [4.69, 9.17) is 4.74 Å². The van der Waals surface area contributed by atoms with Crippen molar-refractivity contribution >= 4 is 5.69 Å². The van der Waals surface area contributed by atoms with Gasteiger partial charge in [0.05, 0.1) is 12.3 Å². The van der Waals surface area contributed by atoms with Crippen LogP contribution in [0.2, 0.25) is 0 Å². The van der Waals surface area contributed by atoms with E-state index in [0.717, 1.165) is 18.0 Å². The van der Waals surface area contributed by atoms with Crippen molar-refractivity contribution < 1.29 is 4.74 Å². The number of rotatable bonds is 4. The number of benzene rings is 1. The molecular formula is C12H19NO. The van der Waals surface area contributed by atoms with E-state index < -0.39 is 0 Å². The second kappa shape index (κ2) is 4.89. The van der Waals surface area contributed by atoms with Gasteiger partial charge in [0.25, 0.3) is 0 Å². The van der Waals surface area contributed by atoms with E-state index >= 15 is 0 Å². The summed E-state index contributed by atoms with van der Waals surface area (Å²) in [6.45, 7) is 9.91. The number of hydrogen-bond donors (Lipinski definition) is 1. The minimum atomic E-state index is 0.711. The second-order valence-corrected chi connectivity index (χ2v) is 3.37. The molecule has 0 aromatic heterocycles. The largest absolute Gasteiger partial charge is 0.491 e. The van der Waals surface area contributed by atoms with E-state index in [1.807, 2.05) is 6.92 Å². The fourth-order valence-corrected chi connectivity index (χ4v) is 1.51. The standard InChI is InChI=1S/C12H19NO/c1-5-13-11-9(3)7-8-10(4)12(11)14-6-2/h7-8,13H,5-6H2,1-4H3. The van der Waals surface area contributed by atoms with Crippen molar-refractivity contribution in [1.29, 1.82) is 0 Å². The second-order valence-electron chi connectivity index (χ2n) is 3.37. The minimum absolute atomic E-state index is 0.711. The van der Waals surface area contributed by atoms with Gasteiger partial charge in [0, 0.05) is 6.54 Å². The minimum Gasteiger partial charge on any atom is -0.491 e. The topological polar surface area (TPSA) is 21.3 Å². The fraction of sp³-hybridized carbons (Fsp3) is 0.500. The highest BCUT2D eigenvalue weighted by Gasteiger charge is 2.08. The number of hydrogen-bond acceptors (Lipinski definition) is 2. The molecule has 0 atom stereocenters. The van der Waals surface area contributed by atoms with Crippen molar-refractivity contribution in [2.24, 2.45) is 0 Å². The highest BCUT2D eigenvalue weighted by Crippen LogP contribution is 2.31. The maximum Gasteiger partial charge on any atom is 0.145 e. The lowest BCUT2D eigenvalue weighted by Crippen LogP contribution is -2.04. The van der Waals surface area contributed by atoms with Crippen LogP contribution in [-0.4, -0.2) is 13.2 Å². The normalized spacial score (nSPS) is 10.0. The molecule has 1 aromatic rings. The lowest BCUT2D eigenvalue weighted by atomic mass is 10.1. The van der Waals surface area contributed by atoms with Gasteiger partial charge in [0.1, 0.15) is 5.75 Å². The summed E-state index contributed by atoms with van der Waals surface area (Å²) < 4.78 is 5.64. The van der Waals surface area contributed by atoms with Crippen molar-refractivity contribution in [3.05, 3.63) is 23.3 Å². The Morgan fingerprint density at radius 2 is 1.79 bits per heavy atom. The van der Waals surface area contributed by atoms with Gasteiger partial charge in [-0.05, 0) is 38.8 Å². The van der Waals surface area contributed by atoms with E-state index in [0.29, 0.717) is 6.61 Å². The predicted molar refractivity (Wildman–Crippen MR) is 61.2 cm³/mol. The Morgan fingerprint density at radius 3 is 2.36 bits per heavy atom. The van der Waals surface area contributed by atoms with E-state index in [1.165, 1.54) is 11.1 Å². The molecule has 0 amide bonds. The lowest BCUT2D eigenvalue weighted by molar-refractivity contribution is 0.339. The van der Waals surface area contributed by atoms with E-state index in [1.54, 1.807) is 0 Å². The summed E-state index contributed by atoms with van der Waals surface area (Å²) in [4.78, 5) is 0. The maximum absolute atomic E-state index is 5.64. The molecule has 0 unspecified atom stereocenters. The van der Waals surface area contributed by atoms with Gasteiger partial charge in [-0.25, -0.2) is 0 Å². The Hall–Kier alpha value is -1.18. The van der Waals surface area contributed by atoms with Gasteiger partial charge >= 0.3 is 0 Å². The molecule has 78 valence electrons. The Kier molecular flexibility index (Phi) is 3.81. The van der Waals surface area contributed by atoms with Gasteiger partial charge in [-0.15, -0.1) is 0 Å². The number of aryl methyl sites for hydroxylation is 2. The van der Waals surface area contributed by atoms with Crippen molar-refractivity contribution in [1.82, 2.24) is 0 Å². The van der Waals surface area contributed by atoms with Gasteiger partial charge in [-0.1, -0.05) is 12.1 Å². The molecule has 0 aliphatic carbocycles. The molecule has 0 saturated carbocycles. The van der Waals surface area contributed by atoms with Crippen LogP contribution < -0.4 is 10.1 Å². The summed E-state index contributed by atoms with van der Waals surface area (Å²) >= 11 is 0. The molecule has 1 aromatic carbocycles. The molecule has 1 rings (SSSR count). The van der Waals surface area contributed by atoms with Crippen molar-refractivity contribution in [3.8, 4) is 5.75 Å². The average molecular weight is 193 g/mol. The molecule has 0 aliphatic heterocycles.